The van der Waals surface area contributed by atoms with Crippen LogP contribution in [0.15, 0.2) is 20.2 Å². The van der Waals surface area contributed by atoms with E-state index in [1.54, 1.807) is 0 Å². The molecule has 5 rings (SSSR count). The van der Waals surface area contributed by atoms with E-state index in [9.17, 15) is 27.6 Å². The smallest absolute Gasteiger partial charge is 0.417 e. The molecule has 0 bridgehead atoms. The van der Waals surface area contributed by atoms with Crippen LogP contribution in [0, 0.1) is 0 Å². The number of alkyl halides is 3. The van der Waals surface area contributed by atoms with Crippen molar-refractivity contribution in [3.63, 3.8) is 0 Å². The largest absolute Gasteiger partial charge is 0.480 e. The monoisotopic (exact) mass is 566 g/mol. The van der Waals surface area contributed by atoms with Crippen LogP contribution in [0.2, 0.25) is 0 Å². The number of carboxylic acids is 1. The van der Waals surface area contributed by atoms with Crippen molar-refractivity contribution in [2.75, 3.05) is 24.5 Å². The second-order valence-electron chi connectivity index (χ2n) is 11.1. The highest BCUT2D eigenvalue weighted by atomic mass is 32.2. The van der Waals surface area contributed by atoms with Gasteiger partial charge in [0.2, 0.25) is 0 Å². The number of halogens is 3. The Hall–Kier alpha value is -2.86. The number of amides is 1. The number of fused-ring (bicyclic) bond motifs is 2. The van der Waals surface area contributed by atoms with Crippen molar-refractivity contribution >= 4 is 62.9 Å². The Morgan fingerprint density at radius 1 is 1.18 bits per heavy atom. The first kappa shape index (κ1) is 26.7. The maximum absolute atomic E-state index is 14.8. The molecule has 12 heteroatoms. The van der Waals surface area contributed by atoms with Crippen LogP contribution in [0.3, 0.4) is 0 Å². The fraction of sp³-hybridized carbons (Fsp3) is 0.462. The summed E-state index contributed by atoms with van der Waals surface area (Å²) >= 11 is 5.69. The van der Waals surface area contributed by atoms with Crippen LogP contribution in [0.4, 0.5) is 18.9 Å². The molecule has 1 aromatic heterocycles. The number of carbonyl (C=O) groups excluding carboxylic acids is 1. The van der Waals surface area contributed by atoms with E-state index in [4.69, 9.17) is 21.7 Å². The van der Waals surface area contributed by atoms with Crippen molar-refractivity contribution in [1.29, 1.82) is 0 Å². The summed E-state index contributed by atoms with van der Waals surface area (Å²) in [6.07, 6.45) is -2.70. The topological polar surface area (TPSA) is 91.1 Å². The van der Waals surface area contributed by atoms with E-state index in [1.807, 2.05) is 27.7 Å². The van der Waals surface area contributed by atoms with Crippen molar-refractivity contribution in [3.8, 4) is 0 Å². The molecule has 3 aliphatic rings. The quantitative estimate of drug-likeness (QED) is 0.306. The number of hydrogen-bond donors (Lipinski definition) is 1. The molecule has 1 saturated heterocycles. The first-order valence-electron chi connectivity index (χ1n) is 12.0. The van der Waals surface area contributed by atoms with Gasteiger partial charge in [0, 0.05) is 29.7 Å². The second-order valence-corrected chi connectivity index (χ2v) is 12.8. The van der Waals surface area contributed by atoms with Gasteiger partial charge in [-0.15, -0.1) is 0 Å². The molecule has 1 amide bonds. The molecule has 1 N–H and O–H groups in total. The maximum Gasteiger partial charge on any atom is 0.417 e. The van der Waals surface area contributed by atoms with Crippen LogP contribution in [0.5, 0.6) is 0 Å². The SMILES string of the molecule is CC1(C)CCN2CCC(C)(C)c3c2c1cc1c(C(F)(F)F)c(/C=C2/SC(=S)N(CC(=O)O)C2=O)c(=O)oc31. The molecule has 38 heavy (non-hydrogen) atoms. The molecule has 1 fully saturated rings. The van der Waals surface area contributed by atoms with E-state index in [0.717, 1.165) is 41.7 Å². The first-order valence-corrected chi connectivity index (χ1v) is 13.2. The van der Waals surface area contributed by atoms with E-state index in [-0.39, 0.29) is 20.2 Å². The third kappa shape index (κ3) is 4.12. The summed E-state index contributed by atoms with van der Waals surface area (Å²) in [4.78, 5) is 39.7. The van der Waals surface area contributed by atoms with Gasteiger partial charge < -0.3 is 14.4 Å². The number of hydrogen-bond acceptors (Lipinski definition) is 7. The average Bonchev–Trinajstić information content (AvgIpc) is 3.03. The first-order chi connectivity index (χ1) is 17.5. The number of nitrogens with zero attached hydrogens (tertiary/aromatic N) is 2. The number of carbonyl (C=O) groups is 2. The predicted octanol–water partition coefficient (Wildman–Crippen LogP) is 5.27. The van der Waals surface area contributed by atoms with Crippen molar-refractivity contribution in [3.05, 3.63) is 43.6 Å². The molecule has 0 atom stereocenters. The molecule has 0 radical (unpaired) electrons. The Morgan fingerprint density at radius 2 is 1.82 bits per heavy atom. The molecular formula is C26H25F3N2O5S2. The van der Waals surface area contributed by atoms with Gasteiger partial charge in [-0.3, -0.25) is 14.5 Å². The zero-order valence-corrected chi connectivity index (χ0v) is 22.7. The van der Waals surface area contributed by atoms with Gasteiger partial charge in [-0.05, 0) is 41.4 Å². The Bertz CT molecular complexity index is 1520. The van der Waals surface area contributed by atoms with Crippen LogP contribution in [-0.4, -0.2) is 45.8 Å². The molecular weight excluding hydrogens is 541 g/mol. The number of thioether (sulfide) groups is 1. The van der Waals surface area contributed by atoms with E-state index >= 15 is 0 Å². The lowest BCUT2D eigenvalue weighted by Gasteiger charge is -2.48. The third-order valence-electron chi connectivity index (χ3n) is 7.67. The maximum atomic E-state index is 14.8. The fourth-order valence-corrected chi connectivity index (χ4v) is 6.81. The number of rotatable bonds is 3. The summed E-state index contributed by atoms with van der Waals surface area (Å²) in [5, 5.41) is 8.82. The highest BCUT2D eigenvalue weighted by Gasteiger charge is 2.45. The standard InChI is InChI=1S/C26H25F3N2O5S2/c1-24(2)5-7-30-8-6-25(3,4)18-19(30)14(24)9-12-17(26(27,28)29)13(22(35)36-20(12)18)10-15-21(34)31(11-16(32)33)23(37)38-15/h9-10H,5-8,11H2,1-4H3,(H,32,33)/b15-10+. The summed E-state index contributed by atoms with van der Waals surface area (Å²) in [6, 6.07) is 1.49. The highest BCUT2D eigenvalue weighted by Crippen LogP contribution is 2.53. The molecule has 0 aliphatic carbocycles. The van der Waals surface area contributed by atoms with Crippen LogP contribution in [0.1, 0.15) is 62.8 Å². The Morgan fingerprint density at radius 3 is 2.42 bits per heavy atom. The molecule has 3 aliphatic heterocycles. The minimum atomic E-state index is -4.95. The third-order valence-corrected chi connectivity index (χ3v) is 9.04. The van der Waals surface area contributed by atoms with Gasteiger partial charge in [-0.2, -0.15) is 13.2 Å². The number of carboxylic acid groups (broad SMARTS) is 1. The summed E-state index contributed by atoms with van der Waals surface area (Å²) < 4.78 is 49.9. The van der Waals surface area contributed by atoms with E-state index < -0.39 is 52.2 Å². The number of benzene rings is 1. The minimum absolute atomic E-state index is 0.0935. The lowest BCUT2D eigenvalue weighted by Crippen LogP contribution is -2.45. The van der Waals surface area contributed by atoms with Gasteiger partial charge in [0.05, 0.1) is 16.0 Å². The summed E-state index contributed by atoms with van der Waals surface area (Å²) in [6.45, 7) is 8.63. The molecule has 0 spiro atoms. The fourth-order valence-electron chi connectivity index (χ4n) is 5.58. The molecule has 0 unspecified atom stereocenters. The van der Waals surface area contributed by atoms with Gasteiger partial charge in [0.25, 0.3) is 5.91 Å². The number of thiocarbonyl (C=S) groups is 1. The van der Waals surface area contributed by atoms with Gasteiger partial charge in [0.1, 0.15) is 16.4 Å². The average molecular weight is 567 g/mol. The van der Waals surface area contributed by atoms with Crippen LogP contribution >= 0.6 is 24.0 Å². The van der Waals surface area contributed by atoms with E-state index in [2.05, 4.69) is 4.90 Å². The zero-order chi connectivity index (χ0) is 27.9. The zero-order valence-electron chi connectivity index (χ0n) is 21.1. The van der Waals surface area contributed by atoms with Gasteiger partial charge in [-0.1, -0.05) is 51.7 Å². The predicted molar refractivity (Wildman–Crippen MR) is 142 cm³/mol. The summed E-state index contributed by atoms with van der Waals surface area (Å²) in [7, 11) is 0. The summed E-state index contributed by atoms with van der Waals surface area (Å²) in [5.41, 5.74) is -2.09. The molecule has 0 saturated carbocycles. The highest BCUT2D eigenvalue weighted by molar-refractivity contribution is 8.26. The molecule has 7 nitrogen and oxygen atoms in total. The second kappa shape index (κ2) is 8.57. The minimum Gasteiger partial charge on any atom is -0.480 e. The van der Waals surface area contributed by atoms with Crippen molar-refractivity contribution in [2.45, 2.75) is 57.5 Å². The van der Waals surface area contributed by atoms with Crippen molar-refractivity contribution in [2.24, 2.45) is 0 Å². The van der Waals surface area contributed by atoms with Gasteiger partial charge in [-0.25, -0.2) is 4.79 Å². The lowest BCUT2D eigenvalue weighted by molar-refractivity contribution is -0.140. The van der Waals surface area contributed by atoms with Crippen LogP contribution in [-0.2, 0) is 26.6 Å². The van der Waals surface area contributed by atoms with Gasteiger partial charge in [0.15, 0.2) is 0 Å². The van der Waals surface area contributed by atoms with Crippen LogP contribution in [0.25, 0.3) is 17.0 Å². The lowest BCUT2D eigenvalue weighted by atomic mass is 9.69. The van der Waals surface area contributed by atoms with Crippen LogP contribution < -0.4 is 10.5 Å². The molecule has 1 aromatic carbocycles. The Balaban J connectivity index is 1.85. The molecule has 4 heterocycles. The number of aliphatic carboxylic acids is 1. The molecule has 2 aromatic rings. The number of anilines is 1. The van der Waals surface area contributed by atoms with E-state index in [1.165, 1.54) is 6.07 Å². The Kier molecular flexibility index (Phi) is 6.03. The van der Waals surface area contributed by atoms with Gasteiger partial charge >= 0.3 is 17.8 Å². The van der Waals surface area contributed by atoms with Crippen molar-refractivity contribution < 1.29 is 32.3 Å². The normalized spacial score (nSPS) is 21.4. The summed E-state index contributed by atoms with van der Waals surface area (Å²) in [5.74, 6) is -2.21. The molecule has 202 valence electrons. The Labute approximate surface area is 225 Å². The van der Waals surface area contributed by atoms with Crippen molar-refractivity contribution in [1.82, 2.24) is 4.90 Å². The van der Waals surface area contributed by atoms with E-state index in [0.29, 0.717) is 23.7 Å².